The summed E-state index contributed by atoms with van der Waals surface area (Å²) in [6.45, 7) is 5.32. The number of nitrogens with one attached hydrogen (secondary N) is 2. The second-order valence-corrected chi connectivity index (χ2v) is 2.09. The molecular weight excluding hydrogens is 152 g/mol. The molecule has 0 amide bonds. The zero-order chi connectivity index (χ0) is 9.56. The molecule has 0 saturated carbocycles. The molecule has 12 heavy (non-hydrogen) atoms. The SMILES string of the molecule is C=CNC(/C=C\C)=C(\N)C(=N)N. The summed E-state index contributed by atoms with van der Waals surface area (Å²) in [6, 6.07) is 0. The zero-order valence-electron chi connectivity index (χ0n) is 7.09. The lowest BCUT2D eigenvalue weighted by atomic mass is 10.3. The quantitative estimate of drug-likeness (QED) is 0.277. The van der Waals surface area contributed by atoms with E-state index < -0.39 is 0 Å². The van der Waals surface area contributed by atoms with Gasteiger partial charge in [-0.05, 0) is 19.2 Å². The smallest absolute Gasteiger partial charge is 0.141 e. The van der Waals surface area contributed by atoms with Gasteiger partial charge < -0.3 is 16.8 Å². The minimum Gasteiger partial charge on any atom is -0.394 e. The van der Waals surface area contributed by atoms with E-state index in [2.05, 4.69) is 11.9 Å². The van der Waals surface area contributed by atoms with E-state index in [-0.39, 0.29) is 11.5 Å². The average molecular weight is 166 g/mol. The van der Waals surface area contributed by atoms with Gasteiger partial charge in [0.25, 0.3) is 0 Å². The van der Waals surface area contributed by atoms with Crippen LogP contribution in [-0.2, 0) is 0 Å². The van der Waals surface area contributed by atoms with Crippen LogP contribution in [0.2, 0.25) is 0 Å². The summed E-state index contributed by atoms with van der Waals surface area (Å²) >= 11 is 0. The molecular formula is C8H14N4. The summed E-state index contributed by atoms with van der Waals surface area (Å²) < 4.78 is 0. The van der Waals surface area contributed by atoms with Crippen molar-refractivity contribution in [3.05, 3.63) is 36.3 Å². The summed E-state index contributed by atoms with van der Waals surface area (Å²) in [7, 11) is 0. The van der Waals surface area contributed by atoms with Crippen molar-refractivity contribution in [3.8, 4) is 0 Å². The van der Waals surface area contributed by atoms with Crippen LogP contribution >= 0.6 is 0 Å². The van der Waals surface area contributed by atoms with E-state index in [0.717, 1.165) is 0 Å². The highest BCUT2D eigenvalue weighted by Crippen LogP contribution is 1.96. The van der Waals surface area contributed by atoms with Crippen LogP contribution in [-0.4, -0.2) is 5.84 Å². The van der Waals surface area contributed by atoms with Gasteiger partial charge in [0.2, 0.25) is 0 Å². The molecule has 0 unspecified atom stereocenters. The zero-order valence-corrected chi connectivity index (χ0v) is 7.09. The Hall–Kier alpha value is -1.71. The van der Waals surface area contributed by atoms with Crippen molar-refractivity contribution >= 4 is 5.84 Å². The fourth-order valence-corrected chi connectivity index (χ4v) is 0.637. The molecule has 0 bridgehead atoms. The second kappa shape index (κ2) is 5.01. The van der Waals surface area contributed by atoms with Crippen molar-refractivity contribution in [2.24, 2.45) is 11.5 Å². The lowest BCUT2D eigenvalue weighted by molar-refractivity contribution is 1.08. The Labute approximate surface area is 72.1 Å². The van der Waals surface area contributed by atoms with E-state index in [1.165, 1.54) is 6.20 Å². The molecule has 0 aromatic rings. The molecule has 0 fully saturated rings. The summed E-state index contributed by atoms with van der Waals surface area (Å²) in [5.74, 6) is -0.155. The number of allylic oxidation sites excluding steroid dienone is 2. The van der Waals surface area contributed by atoms with E-state index in [1.54, 1.807) is 12.2 Å². The number of rotatable bonds is 4. The Bertz CT molecular complexity index is 237. The first-order chi connectivity index (χ1) is 5.63. The van der Waals surface area contributed by atoms with Crippen molar-refractivity contribution in [2.75, 3.05) is 0 Å². The van der Waals surface area contributed by atoms with Crippen LogP contribution in [0.5, 0.6) is 0 Å². The molecule has 66 valence electrons. The Morgan fingerprint density at radius 1 is 1.50 bits per heavy atom. The van der Waals surface area contributed by atoms with Crippen molar-refractivity contribution in [2.45, 2.75) is 6.92 Å². The van der Waals surface area contributed by atoms with E-state index >= 15 is 0 Å². The maximum atomic E-state index is 7.07. The number of nitrogens with two attached hydrogens (primary N) is 2. The highest BCUT2D eigenvalue weighted by atomic mass is 14.9. The Morgan fingerprint density at radius 3 is 2.42 bits per heavy atom. The topological polar surface area (TPSA) is 87.9 Å². The van der Waals surface area contributed by atoms with E-state index in [1.807, 2.05) is 6.92 Å². The fraction of sp³-hybridized carbons (Fsp3) is 0.125. The second-order valence-electron chi connectivity index (χ2n) is 2.09. The fourth-order valence-electron chi connectivity index (χ4n) is 0.637. The van der Waals surface area contributed by atoms with E-state index in [0.29, 0.717) is 5.70 Å². The maximum absolute atomic E-state index is 7.07. The minimum absolute atomic E-state index is 0.155. The molecule has 0 heterocycles. The van der Waals surface area contributed by atoms with Crippen LogP contribution in [0, 0.1) is 5.41 Å². The van der Waals surface area contributed by atoms with Crippen LogP contribution in [0.4, 0.5) is 0 Å². The normalized spacial score (nSPS) is 12.4. The summed E-state index contributed by atoms with van der Waals surface area (Å²) in [5, 5.41) is 9.85. The third kappa shape index (κ3) is 2.92. The van der Waals surface area contributed by atoms with E-state index in [4.69, 9.17) is 16.9 Å². The largest absolute Gasteiger partial charge is 0.394 e. The highest BCUT2D eigenvalue weighted by molar-refractivity contribution is 5.94. The first-order valence-electron chi connectivity index (χ1n) is 3.47. The maximum Gasteiger partial charge on any atom is 0.141 e. The first-order valence-corrected chi connectivity index (χ1v) is 3.47. The Balaban J connectivity index is 4.78. The summed E-state index contributed by atoms with van der Waals surface area (Å²) in [4.78, 5) is 0. The predicted molar refractivity (Wildman–Crippen MR) is 51.3 cm³/mol. The van der Waals surface area contributed by atoms with Crippen LogP contribution in [0.3, 0.4) is 0 Å². The third-order valence-corrected chi connectivity index (χ3v) is 1.17. The molecule has 0 aliphatic carbocycles. The van der Waals surface area contributed by atoms with Gasteiger partial charge in [-0.25, -0.2) is 0 Å². The molecule has 0 atom stereocenters. The van der Waals surface area contributed by atoms with Gasteiger partial charge in [0.15, 0.2) is 0 Å². The molecule has 4 nitrogen and oxygen atoms in total. The Morgan fingerprint density at radius 2 is 2.08 bits per heavy atom. The van der Waals surface area contributed by atoms with Crippen molar-refractivity contribution in [3.63, 3.8) is 0 Å². The van der Waals surface area contributed by atoms with Gasteiger partial charge in [-0.3, -0.25) is 5.41 Å². The molecule has 0 aliphatic heterocycles. The van der Waals surface area contributed by atoms with Crippen LogP contribution < -0.4 is 16.8 Å². The first kappa shape index (κ1) is 10.3. The lowest BCUT2D eigenvalue weighted by Crippen LogP contribution is -2.24. The summed E-state index contributed by atoms with van der Waals surface area (Å²) in [5.41, 5.74) is 11.5. The van der Waals surface area contributed by atoms with Crippen molar-refractivity contribution in [1.82, 2.24) is 5.32 Å². The van der Waals surface area contributed by atoms with Gasteiger partial charge in [0, 0.05) is 0 Å². The van der Waals surface area contributed by atoms with Crippen LogP contribution in [0.1, 0.15) is 6.92 Å². The molecule has 0 aliphatic rings. The molecule has 6 N–H and O–H groups in total. The molecule has 0 aromatic heterocycles. The minimum atomic E-state index is -0.155. The van der Waals surface area contributed by atoms with Gasteiger partial charge in [-0.1, -0.05) is 12.7 Å². The highest BCUT2D eigenvalue weighted by Gasteiger charge is 1.99. The number of hydrogen-bond acceptors (Lipinski definition) is 3. The standard InChI is InChI=1S/C8H14N4/c1-3-5-6(12-4-2)7(9)8(10)11/h3-5,12H,2,9H2,1H3,(H3,10,11)/b5-3-,7-6-. The van der Waals surface area contributed by atoms with Crippen LogP contribution in [0.15, 0.2) is 36.3 Å². The van der Waals surface area contributed by atoms with Crippen LogP contribution in [0.25, 0.3) is 0 Å². The summed E-state index contributed by atoms with van der Waals surface area (Å²) in [6.07, 6.45) is 4.99. The van der Waals surface area contributed by atoms with Gasteiger partial charge in [0.1, 0.15) is 5.84 Å². The molecule has 0 radical (unpaired) electrons. The van der Waals surface area contributed by atoms with Gasteiger partial charge in [0.05, 0.1) is 11.4 Å². The van der Waals surface area contributed by atoms with Gasteiger partial charge in [-0.2, -0.15) is 0 Å². The van der Waals surface area contributed by atoms with Crippen molar-refractivity contribution < 1.29 is 0 Å². The monoisotopic (exact) mass is 166 g/mol. The van der Waals surface area contributed by atoms with E-state index in [9.17, 15) is 0 Å². The Kier molecular flexibility index (Phi) is 4.30. The molecule has 0 spiro atoms. The molecule has 0 saturated heterocycles. The molecule has 4 heteroatoms. The van der Waals surface area contributed by atoms with Gasteiger partial charge >= 0.3 is 0 Å². The molecule has 0 aromatic carbocycles. The number of hydrogen-bond donors (Lipinski definition) is 4. The number of amidine groups is 1. The van der Waals surface area contributed by atoms with Gasteiger partial charge in [-0.15, -0.1) is 0 Å². The molecule has 0 rings (SSSR count). The lowest BCUT2D eigenvalue weighted by Gasteiger charge is -2.05. The average Bonchev–Trinajstić information content (AvgIpc) is 2.03. The predicted octanol–water partition coefficient (Wildman–Crippen LogP) is 0.402. The third-order valence-electron chi connectivity index (χ3n) is 1.17. The van der Waals surface area contributed by atoms with Crippen molar-refractivity contribution in [1.29, 1.82) is 5.41 Å².